The summed E-state index contributed by atoms with van der Waals surface area (Å²) in [5.74, 6) is -0.590. The Hall–Kier alpha value is -3.14. The second-order valence-corrected chi connectivity index (χ2v) is 9.21. The molecule has 4 nitrogen and oxygen atoms in total. The van der Waals surface area contributed by atoms with E-state index in [-0.39, 0.29) is 17.3 Å². The maximum absolute atomic E-state index is 12.3. The number of allylic oxidation sites excluding steroid dienone is 9. The molecule has 0 saturated heterocycles. The Kier molecular flexibility index (Phi) is 9.65. The number of nitrogens with one attached hydrogen (secondary N) is 1. The minimum atomic E-state index is -0.372. The lowest BCUT2D eigenvalue weighted by molar-refractivity contribution is -0.111. The molecule has 0 aromatic heterocycles. The maximum Gasteiger partial charge on any atom is 0.338 e. The Balaban J connectivity index is 1.94. The Labute approximate surface area is 198 Å². The summed E-state index contributed by atoms with van der Waals surface area (Å²) in [5.41, 5.74) is 6.26. The smallest absolute Gasteiger partial charge is 0.338 e. The van der Waals surface area contributed by atoms with Gasteiger partial charge in [-0.25, -0.2) is 4.79 Å². The number of benzene rings is 1. The highest BCUT2D eigenvalue weighted by Gasteiger charge is 2.26. The van der Waals surface area contributed by atoms with Crippen molar-refractivity contribution in [2.45, 2.75) is 60.8 Å². The molecule has 33 heavy (non-hydrogen) atoms. The molecule has 0 unspecified atom stereocenters. The van der Waals surface area contributed by atoms with Crippen LogP contribution in [0.3, 0.4) is 0 Å². The zero-order chi connectivity index (χ0) is 24.4. The fourth-order valence-corrected chi connectivity index (χ4v) is 3.97. The van der Waals surface area contributed by atoms with Crippen LogP contribution >= 0.6 is 0 Å². The van der Waals surface area contributed by atoms with Gasteiger partial charge in [0.05, 0.1) is 12.2 Å². The Morgan fingerprint density at radius 3 is 2.42 bits per heavy atom. The molecule has 0 saturated carbocycles. The number of amides is 1. The third-order valence-corrected chi connectivity index (χ3v) is 5.80. The van der Waals surface area contributed by atoms with E-state index in [0.29, 0.717) is 17.9 Å². The van der Waals surface area contributed by atoms with Crippen LogP contribution in [0.25, 0.3) is 0 Å². The summed E-state index contributed by atoms with van der Waals surface area (Å²) in [7, 11) is 0. The first-order valence-corrected chi connectivity index (χ1v) is 11.6. The second-order valence-electron chi connectivity index (χ2n) is 9.21. The summed E-state index contributed by atoms with van der Waals surface area (Å²) in [4.78, 5) is 24.0. The molecule has 0 radical (unpaired) electrons. The summed E-state index contributed by atoms with van der Waals surface area (Å²) in [6.07, 6.45) is 15.6. The van der Waals surface area contributed by atoms with Crippen LogP contribution in [0.2, 0.25) is 0 Å². The topological polar surface area (TPSA) is 55.4 Å². The molecule has 1 aliphatic rings. The molecule has 4 heteroatoms. The monoisotopic (exact) mass is 447 g/mol. The molecule has 1 amide bonds. The largest absolute Gasteiger partial charge is 0.462 e. The van der Waals surface area contributed by atoms with Crippen LogP contribution in [0.1, 0.15) is 71.2 Å². The lowest BCUT2D eigenvalue weighted by Crippen LogP contribution is -2.19. The van der Waals surface area contributed by atoms with E-state index in [4.69, 9.17) is 4.74 Å². The fourth-order valence-electron chi connectivity index (χ4n) is 3.97. The van der Waals surface area contributed by atoms with E-state index in [1.165, 1.54) is 30.4 Å². The van der Waals surface area contributed by atoms with Crippen LogP contribution in [-0.2, 0) is 9.53 Å². The Morgan fingerprint density at radius 1 is 1.09 bits per heavy atom. The summed E-state index contributed by atoms with van der Waals surface area (Å²) in [6.45, 7) is 12.9. The first kappa shape index (κ1) is 26.1. The number of carbonyl (C=O) groups is 2. The Bertz CT molecular complexity index is 1000. The van der Waals surface area contributed by atoms with Crippen LogP contribution in [0.15, 0.2) is 83.0 Å². The summed E-state index contributed by atoms with van der Waals surface area (Å²) in [6, 6.07) is 6.65. The van der Waals surface area contributed by atoms with Crippen LogP contribution in [0, 0.1) is 5.41 Å². The molecular formula is C29H37NO3. The van der Waals surface area contributed by atoms with Crippen molar-refractivity contribution in [1.29, 1.82) is 0 Å². The quantitative estimate of drug-likeness (QED) is 0.258. The predicted octanol–water partition coefficient (Wildman–Crippen LogP) is 7.33. The van der Waals surface area contributed by atoms with Crippen LogP contribution in [0.5, 0.6) is 0 Å². The number of hydrogen-bond acceptors (Lipinski definition) is 3. The minimum Gasteiger partial charge on any atom is -0.462 e. The van der Waals surface area contributed by atoms with Gasteiger partial charge >= 0.3 is 5.97 Å². The SMILES string of the molecule is CCOC(=O)c1ccc(NC(=O)/C=C(/C)C=CC=C(C)C=CC2=C(C)CCCC2(C)C)cc1. The second kappa shape index (κ2) is 12.2. The lowest BCUT2D eigenvalue weighted by atomic mass is 9.72. The molecule has 0 atom stereocenters. The van der Waals surface area contributed by atoms with Gasteiger partial charge in [-0.1, -0.05) is 55.4 Å². The van der Waals surface area contributed by atoms with Crippen molar-refractivity contribution >= 4 is 17.6 Å². The van der Waals surface area contributed by atoms with Crippen molar-refractivity contribution in [3.05, 3.63) is 88.6 Å². The molecule has 0 spiro atoms. The van der Waals surface area contributed by atoms with Gasteiger partial charge in [0.25, 0.3) is 0 Å². The van der Waals surface area contributed by atoms with E-state index >= 15 is 0 Å². The normalized spacial score (nSPS) is 17.0. The average Bonchev–Trinajstić information content (AvgIpc) is 2.73. The van der Waals surface area contributed by atoms with Crippen LogP contribution in [0.4, 0.5) is 5.69 Å². The standard InChI is InChI=1S/C29H37NO3/c1-7-33-28(32)24-14-16-25(17-15-24)30-27(31)20-22(3)11-8-10-21(2)13-18-26-23(4)12-9-19-29(26,5)6/h8,10-11,13-18,20H,7,9,12,19H2,1-6H3,(H,30,31)/b11-8?,18-13?,21-10?,22-20-. The molecule has 0 heterocycles. The molecule has 0 bridgehead atoms. The van der Waals surface area contributed by atoms with Crippen molar-refractivity contribution in [2.24, 2.45) is 5.41 Å². The van der Waals surface area contributed by atoms with E-state index in [1.807, 2.05) is 25.2 Å². The molecule has 0 fully saturated rings. The number of anilines is 1. The van der Waals surface area contributed by atoms with Gasteiger partial charge in [0.15, 0.2) is 0 Å². The zero-order valence-electron chi connectivity index (χ0n) is 20.8. The molecule has 1 aromatic rings. The Morgan fingerprint density at radius 2 is 1.79 bits per heavy atom. The minimum absolute atomic E-state index is 0.219. The number of hydrogen-bond donors (Lipinski definition) is 1. The summed E-state index contributed by atoms with van der Waals surface area (Å²) >= 11 is 0. The highest BCUT2D eigenvalue weighted by atomic mass is 16.5. The molecular weight excluding hydrogens is 410 g/mol. The van der Waals surface area contributed by atoms with Gasteiger partial charge in [-0.15, -0.1) is 0 Å². The fraction of sp³-hybridized carbons (Fsp3) is 0.379. The molecule has 176 valence electrons. The third kappa shape index (κ3) is 8.38. The molecule has 1 aliphatic carbocycles. The van der Waals surface area contributed by atoms with E-state index in [2.05, 4.69) is 45.2 Å². The molecule has 2 rings (SSSR count). The van der Waals surface area contributed by atoms with Gasteiger partial charge in [-0.3, -0.25) is 4.79 Å². The molecule has 1 aromatic carbocycles. The van der Waals surface area contributed by atoms with Crippen molar-refractivity contribution in [1.82, 2.24) is 0 Å². The first-order chi connectivity index (χ1) is 15.6. The number of ether oxygens (including phenoxy) is 1. The van der Waals surface area contributed by atoms with Gasteiger partial charge < -0.3 is 10.1 Å². The lowest BCUT2D eigenvalue weighted by Gasteiger charge is -2.32. The van der Waals surface area contributed by atoms with E-state index in [1.54, 1.807) is 37.3 Å². The van der Waals surface area contributed by atoms with Crippen molar-refractivity contribution in [2.75, 3.05) is 11.9 Å². The predicted molar refractivity (Wildman–Crippen MR) is 137 cm³/mol. The summed E-state index contributed by atoms with van der Waals surface area (Å²) in [5, 5.41) is 2.81. The van der Waals surface area contributed by atoms with Crippen molar-refractivity contribution in [3.8, 4) is 0 Å². The van der Waals surface area contributed by atoms with E-state index in [9.17, 15) is 9.59 Å². The average molecular weight is 448 g/mol. The van der Waals surface area contributed by atoms with Gasteiger partial charge in [0, 0.05) is 11.8 Å². The van der Waals surface area contributed by atoms with Gasteiger partial charge in [0.2, 0.25) is 5.91 Å². The highest BCUT2D eigenvalue weighted by Crippen LogP contribution is 2.40. The van der Waals surface area contributed by atoms with E-state index in [0.717, 1.165) is 11.1 Å². The molecule has 0 aliphatic heterocycles. The third-order valence-electron chi connectivity index (χ3n) is 5.80. The van der Waals surface area contributed by atoms with Crippen molar-refractivity contribution < 1.29 is 14.3 Å². The van der Waals surface area contributed by atoms with Crippen molar-refractivity contribution in [3.63, 3.8) is 0 Å². The number of carbonyl (C=O) groups excluding carboxylic acids is 2. The maximum atomic E-state index is 12.3. The zero-order valence-corrected chi connectivity index (χ0v) is 20.8. The van der Waals surface area contributed by atoms with Gasteiger partial charge in [-0.05, 0) is 87.8 Å². The highest BCUT2D eigenvalue weighted by molar-refractivity contribution is 6.00. The number of esters is 1. The van der Waals surface area contributed by atoms with E-state index < -0.39 is 0 Å². The van der Waals surface area contributed by atoms with Gasteiger partial charge in [-0.2, -0.15) is 0 Å². The number of rotatable bonds is 8. The van der Waals surface area contributed by atoms with Gasteiger partial charge in [0.1, 0.15) is 0 Å². The van der Waals surface area contributed by atoms with Crippen LogP contribution in [-0.4, -0.2) is 18.5 Å². The first-order valence-electron chi connectivity index (χ1n) is 11.6. The molecule has 1 N–H and O–H groups in total. The summed E-state index contributed by atoms with van der Waals surface area (Å²) < 4.78 is 4.96. The van der Waals surface area contributed by atoms with Crippen LogP contribution < -0.4 is 5.32 Å².